The molecule has 0 spiro atoms. The van der Waals surface area contributed by atoms with E-state index in [-0.39, 0.29) is 5.92 Å². The van der Waals surface area contributed by atoms with E-state index in [1.807, 2.05) is 42.5 Å². The monoisotopic (exact) mass is 383 g/mol. The van der Waals surface area contributed by atoms with Crippen molar-refractivity contribution in [3.8, 4) is 6.07 Å². The van der Waals surface area contributed by atoms with Gasteiger partial charge in [-0.15, -0.1) is 0 Å². The minimum Gasteiger partial charge on any atom is -0.348 e. The van der Waals surface area contributed by atoms with E-state index in [4.69, 9.17) is 5.26 Å². The fourth-order valence-corrected chi connectivity index (χ4v) is 3.18. The molecule has 0 saturated carbocycles. The Hall–Kier alpha value is -3.91. The van der Waals surface area contributed by atoms with Crippen LogP contribution in [0.3, 0.4) is 0 Å². The first-order valence-electron chi connectivity index (χ1n) is 9.37. The molecule has 0 unspecified atom stereocenters. The van der Waals surface area contributed by atoms with Gasteiger partial charge in [-0.1, -0.05) is 72.8 Å². The van der Waals surface area contributed by atoms with Gasteiger partial charge in [0.15, 0.2) is 0 Å². The minimum absolute atomic E-state index is 0.111. The van der Waals surface area contributed by atoms with Crippen LogP contribution in [0.4, 0.5) is 5.69 Å². The van der Waals surface area contributed by atoms with E-state index < -0.39 is 11.8 Å². The number of para-hydroxylation sites is 1. The lowest BCUT2D eigenvalue weighted by molar-refractivity contribution is -0.136. The zero-order valence-corrected chi connectivity index (χ0v) is 15.8. The fourth-order valence-electron chi connectivity index (χ4n) is 3.18. The van der Waals surface area contributed by atoms with Crippen LogP contribution in [0, 0.1) is 11.3 Å². The van der Waals surface area contributed by atoms with Crippen LogP contribution in [0.2, 0.25) is 0 Å². The first-order chi connectivity index (χ1) is 14.2. The van der Waals surface area contributed by atoms with Crippen molar-refractivity contribution < 1.29 is 9.59 Å². The number of amides is 2. The quantitative estimate of drug-likeness (QED) is 0.635. The summed E-state index contributed by atoms with van der Waals surface area (Å²) in [6.07, 6.45) is 0.655. The van der Waals surface area contributed by atoms with Gasteiger partial charge >= 0.3 is 11.8 Å². The molecular formula is C24H21N3O2. The standard InChI is InChI=1S/C24H21N3O2/c25-17-20-13-7-8-14-22(20)27-24(29)23(28)26-16-15-21(18-9-3-1-4-10-18)19-11-5-2-6-12-19/h1-14,21H,15-16H2,(H,26,28)(H,27,29). The molecule has 144 valence electrons. The number of anilines is 1. The number of hydrogen-bond donors (Lipinski definition) is 2. The van der Waals surface area contributed by atoms with Crippen LogP contribution in [-0.2, 0) is 9.59 Å². The average molecular weight is 383 g/mol. The molecule has 0 heterocycles. The third-order valence-electron chi connectivity index (χ3n) is 4.62. The average Bonchev–Trinajstić information content (AvgIpc) is 2.78. The van der Waals surface area contributed by atoms with Crippen molar-refractivity contribution in [2.45, 2.75) is 12.3 Å². The molecule has 0 aliphatic heterocycles. The zero-order valence-electron chi connectivity index (χ0n) is 15.8. The molecule has 2 N–H and O–H groups in total. The first-order valence-corrected chi connectivity index (χ1v) is 9.37. The number of benzene rings is 3. The molecule has 0 atom stereocenters. The predicted octanol–water partition coefficient (Wildman–Crippen LogP) is 3.84. The lowest BCUT2D eigenvalue weighted by atomic mass is 9.88. The summed E-state index contributed by atoms with van der Waals surface area (Å²) in [5.41, 5.74) is 2.93. The summed E-state index contributed by atoms with van der Waals surface area (Å²) in [6.45, 7) is 0.348. The Bertz CT molecular complexity index is 972. The van der Waals surface area contributed by atoms with Crippen LogP contribution in [0.5, 0.6) is 0 Å². The van der Waals surface area contributed by atoms with E-state index in [1.54, 1.807) is 24.3 Å². The lowest BCUT2D eigenvalue weighted by Gasteiger charge is -2.18. The maximum atomic E-state index is 12.2. The Balaban J connectivity index is 1.61. The van der Waals surface area contributed by atoms with Crippen LogP contribution in [0.25, 0.3) is 0 Å². The van der Waals surface area contributed by atoms with E-state index >= 15 is 0 Å². The third kappa shape index (κ3) is 5.30. The van der Waals surface area contributed by atoms with Gasteiger partial charge in [0.2, 0.25) is 0 Å². The maximum absolute atomic E-state index is 12.2. The van der Waals surface area contributed by atoms with Gasteiger partial charge in [0.1, 0.15) is 6.07 Å². The minimum atomic E-state index is -0.788. The molecule has 5 nitrogen and oxygen atoms in total. The summed E-state index contributed by atoms with van der Waals surface area (Å²) in [6, 6.07) is 28.7. The highest BCUT2D eigenvalue weighted by Gasteiger charge is 2.17. The Labute approximate surface area is 170 Å². The zero-order chi connectivity index (χ0) is 20.5. The molecule has 0 bridgehead atoms. The number of nitrogens with one attached hydrogen (secondary N) is 2. The van der Waals surface area contributed by atoms with Gasteiger partial charge in [-0.25, -0.2) is 0 Å². The largest absolute Gasteiger partial charge is 0.348 e. The number of carbonyl (C=O) groups is 2. The van der Waals surface area contributed by atoms with E-state index in [0.29, 0.717) is 24.2 Å². The Kier molecular flexibility index (Phi) is 6.75. The van der Waals surface area contributed by atoms with Crippen LogP contribution in [0.15, 0.2) is 84.9 Å². The number of nitriles is 1. The van der Waals surface area contributed by atoms with Crippen LogP contribution < -0.4 is 10.6 Å². The smallest absolute Gasteiger partial charge is 0.313 e. The normalized spacial score (nSPS) is 10.2. The summed E-state index contributed by atoms with van der Waals surface area (Å²) >= 11 is 0. The van der Waals surface area contributed by atoms with Gasteiger partial charge < -0.3 is 10.6 Å². The van der Waals surface area contributed by atoms with Crippen LogP contribution >= 0.6 is 0 Å². The third-order valence-corrected chi connectivity index (χ3v) is 4.62. The first kappa shape index (κ1) is 19.8. The molecule has 0 radical (unpaired) electrons. The fraction of sp³-hybridized carbons (Fsp3) is 0.125. The number of nitrogens with zero attached hydrogens (tertiary/aromatic N) is 1. The van der Waals surface area contributed by atoms with Crippen molar-refractivity contribution in [3.05, 3.63) is 102 Å². The highest BCUT2D eigenvalue weighted by atomic mass is 16.2. The molecule has 2 amide bonds. The number of hydrogen-bond acceptors (Lipinski definition) is 3. The summed E-state index contributed by atoms with van der Waals surface area (Å²) in [5.74, 6) is -1.40. The molecule has 0 aromatic heterocycles. The predicted molar refractivity (Wildman–Crippen MR) is 112 cm³/mol. The summed E-state index contributed by atoms with van der Waals surface area (Å²) in [5, 5.41) is 14.3. The van der Waals surface area contributed by atoms with E-state index in [9.17, 15) is 9.59 Å². The van der Waals surface area contributed by atoms with Gasteiger partial charge in [0.25, 0.3) is 0 Å². The highest BCUT2D eigenvalue weighted by Crippen LogP contribution is 2.27. The molecule has 0 saturated heterocycles. The van der Waals surface area contributed by atoms with Gasteiger partial charge in [0.05, 0.1) is 11.3 Å². The maximum Gasteiger partial charge on any atom is 0.313 e. The Morgan fingerprint density at radius 1 is 0.793 bits per heavy atom. The second-order valence-corrected chi connectivity index (χ2v) is 6.53. The number of carbonyl (C=O) groups excluding carboxylic acids is 2. The van der Waals surface area contributed by atoms with Gasteiger partial charge in [-0.3, -0.25) is 9.59 Å². The van der Waals surface area contributed by atoms with Crippen LogP contribution in [0.1, 0.15) is 29.0 Å². The van der Waals surface area contributed by atoms with Crippen molar-refractivity contribution >= 4 is 17.5 Å². The van der Waals surface area contributed by atoms with E-state index in [2.05, 4.69) is 34.9 Å². The molecule has 0 aliphatic rings. The molecule has 0 aliphatic carbocycles. The second-order valence-electron chi connectivity index (χ2n) is 6.53. The molecule has 0 fully saturated rings. The summed E-state index contributed by atoms with van der Waals surface area (Å²) in [7, 11) is 0. The van der Waals surface area contributed by atoms with Crippen LogP contribution in [-0.4, -0.2) is 18.4 Å². The molecule has 3 rings (SSSR count). The van der Waals surface area contributed by atoms with Gasteiger partial charge in [-0.2, -0.15) is 5.26 Å². The second kappa shape index (κ2) is 9.86. The molecule has 3 aromatic carbocycles. The Morgan fingerprint density at radius 3 is 1.93 bits per heavy atom. The van der Waals surface area contributed by atoms with Crippen molar-refractivity contribution in [3.63, 3.8) is 0 Å². The molecular weight excluding hydrogens is 362 g/mol. The SMILES string of the molecule is N#Cc1ccccc1NC(=O)C(=O)NCCC(c1ccccc1)c1ccccc1. The van der Waals surface area contributed by atoms with Crippen molar-refractivity contribution in [2.75, 3.05) is 11.9 Å². The van der Waals surface area contributed by atoms with Crippen molar-refractivity contribution in [1.29, 1.82) is 5.26 Å². The lowest BCUT2D eigenvalue weighted by Crippen LogP contribution is -2.36. The highest BCUT2D eigenvalue weighted by molar-refractivity contribution is 6.39. The summed E-state index contributed by atoms with van der Waals surface area (Å²) < 4.78 is 0. The summed E-state index contributed by atoms with van der Waals surface area (Å²) in [4.78, 5) is 24.4. The topological polar surface area (TPSA) is 82.0 Å². The van der Waals surface area contributed by atoms with Crippen molar-refractivity contribution in [1.82, 2.24) is 5.32 Å². The van der Waals surface area contributed by atoms with Gasteiger partial charge in [0, 0.05) is 12.5 Å². The molecule has 5 heteroatoms. The Morgan fingerprint density at radius 2 is 1.34 bits per heavy atom. The van der Waals surface area contributed by atoms with E-state index in [1.165, 1.54) is 0 Å². The van der Waals surface area contributed by atoms with Gasteiger partial charge in [-0.05, 0) is 29.7 Å². The van der Waals surface area contributed by atoms with Crippen molar-refractivity contribution in [2.24, 2.45) is 0 Å². The molecule has 29 heavy (non-hydrogen) atoms. The molecule has 3 aromatic rings. The number of rotatable bonds is 6. The van der Waals surface area contributed by atoms with E-state index in [0.717, 1.165) is 11.1 Å².